The smallest absolute Gasteiger partial charge is 0.136 e. The lowest BCUT2D eigenvalue weighted by atomic mass is 9.95. The highest BCUT2D eigenvalue weighted by molar-refractivity contribution is 5.81. The Labute approximate surface area is 79.9 Å². The van der Waals surface area contributed by atoms with Crippen LogP contribution in [0.3, 0.4) is 0 Å². The lowest BCUT2D eigenvalue weighted by Gasteiger charge is -2.08. The van der Waals surface area contributed by atoms with Gasteiger partial charge in [-0.25, -0.2) is 0 Å². The van der Waals surface area contributed by atoms with Gasteiger partial charge in [0, 0.05) is 18.8 Å². The van der Waals surface area contributed by atoms with Crippen LogP contribution in [-0.2, 0) is 4.79 Å². The molecule has 2 aliphatic carbocycles. The Kier molecular flexibility index (Phi) is 2.40. The molecule has 13 heavy (non-hydrogen) atoms. The minimum atomic E-state index is 0.404. The first-order valence-corrected chi connectivity index (χ1v) is 5.27. The van der Waals surface area contributed by atoms with E-state index in [1.807, 2.05) is 0 Å². The first kappa shape index (κ1) is 8.81. The Morgan fingerprint density at radius 2 is 2.00 bits per heavy atom. The summed E-state index contributed by atoms with van der Waals surface area (Å²) in [6.45, 7) is 0. The number of ketones is 1. The third-order valence-electron chi connectivity index (χ3n) is 3.44. The van der Waals surface area contributed by atoms with Crippen LogP contribution in [0, 0.1) is 30.1 Å². The van der Waals surface area contributed by atoms with Gasteiger partial charge in [0.2, 0.25) is 0 Å². The molecule has 70 valence electrons. The molecule has 0 aromatic carbocycles. The number of carbonyl (C=O) groups excluding carboxylic acids is 1. The molecule has 2 atom stereocenters. The standard InChI is InChI=1S/C12H16O/c1-2-3-4-5-12(13)11-7-9-6-10(9)8-11/h1,9-11H,3-8H2. The summed E-state index contributed by atoms with van der Waals surface area (Å²) >= 11 is 0. The van der Waals surface area contributed by atoms with Gasteiger partial charge in [-0.2, -0.15) is 0 Å². The minimum absolute atomic E-state index is 0.404. The lowest BCUT2D eigenvalue weighted by Crippen LogP contribution is -2.12. The van der Waals surface area contributed by atoms with Crippen molar-refractivity contribution in [3.8, 4) is 12.3 Å². The van der Waals surface area contributed by atoms with Gasteiger partial charge in [0.05, 0.1) is 0 Å². The molecular weight excluding hydrogens is 160 g/mol. The quantitative estimate of drug-likeness (QED) is 0.475. The van der Waals surface area contributed by atoms with Crippen LogP contribution in [0.25, 0.3) is 0 Å². The number of rotatable bonds is 4. The number of unbranched alkanes of at least 4 members (excludes halogenated alkanes) is 1. The van der Waals surface area contributed by atoms with E-state index < -0.39 is 0 Å². The van der Waals surface area contributed by atoms with E-state index in [0.717, 1.165) is 24.7 Å². The van der Waals surface area contributed by atoms with Crippen LogP contribution < -0.4 is 0 Å². The van der Waals surface area contributed by atoms with Crippen molar-refractivity contribution in [3.05, 3.63) is 0 Å². The Morgan fingerprint density at radius 3 is 2.62 bits per heavy atom. The van der Waals surface area contributed by atoms with Crippen molar-refractivity contribution in [1.82, 2.24) is 0 Å². The van der Waals surface area contributed by atoms with Crippen LogP contribution in [0.15, 0.2) is 0 Å². The van der Waals surface area contributed by atoms with E-state index in [9.17, 15) is 4.79 Å². The van der Waals surface area contributed by atoms with Crippen LogP contribution in [-0.4, -0.2) is 5.78 Å². The second kappa shape index (κ2) is 3.54. The molecule has 0 aromatic rings. The number of carbonyl (C=O) groups is 1. The monoisotopic (exact) mass is 176 g/mol. The van der Waals surface area contributed by atoms with E-state index in [1.165, 1.54) is 19.3 Å². The molecule has 2 rings (SSSR count). The van der Waals surface area contributed by atoms with Gasteiger partial charge in [0.25, 0.3) is 0 Å². The Bertz CT molecular complexity index is 238. The summed E-state index contributed by atoms with van der Waals surface area (Å²) in [4.78, 5) is 11.6. The van der Waals surface area contributed by atoms with Gasteiger partial charge in [-0.3, -0.25) is 4.79 Å². The van der Waals surface area contributed by atoms with E-state index in [4.69, 9.17) is 6.42 Å². The fourth-order valence-electron chi connectivity index (χ4n) is 2.55. The summed E-state index contributed by atoms with van der Waals surface area (Å²) in [7, 11) is 0. The van der Waals surface area contributed by atoms with Crippen molar-refractivity contribution in [1.29, 1.82) is 0 Å². The summed E-state index contributed by atoms with van der Waals surface area (Å²) in [5, 5.41) is 0. The molecule has 2 unspecified atom stereocenters. The number of terminal acetylenes is 1. The molecule has 0 N–H and O–H groups in total. The fraction of sp³-hybridized carbons (Fsp3) is 0.750. The van der Waals surface area contributed by atoms with E-state index in [-0.39, 0.29) is 0 Å². The van der Waals surface area contributed by atoms with Crippen LogP contribution in [0.4, 0.5) is 0 Å². The molecule has 0 heterocycles. The van der Waals surface area contributed by atoms with E-state index in [2.05, 4.69) is 5.92 Å². The first-order chi connectivity index (χ1) is 6.31. The molecule has 0 radical (unpaired) electrons. The highest BCUT2D eigenvalue weighted by atomic mass is 16.1. The molecule has 2 fully saturated rings. The molecule has 0 aliphatic heterocycles. The molecule has 2 aliphatic rings. The SMILES string of the molecule is C#CCCCC(=O)C1CC2CC2C1. The van der Waals surface area contributed by atoms with Crippen LogP contribution in [0.1, 0.15) is 38.5 Å². The highest BCUT2D eigenvalue weighted by Gasteiger charge is 2.47. The predicted octanol–water partition coefficient (Wildman–Crippen LogP) is 2.41. The summed E-state index contributed by atoms with van der Waals surface area (Å²) < 4.78 is 0. The fourth-order valence-corrected chi connectivity index (χ4v) is 2.55. The summed E-state index contributed by atoms with van der Waals surface area (Å²) in [5.41, 5.74) is 0. The Morgan fingerprint density at radius 1 is 1.31 bits per heavy atom. The van der Waals surface area contributed by atoms with Gasteiger partial charge in [0.15, 0.2) is 0 Å². The molecular formula is C12H16O. The Balaban J connectivity index is 1.69. The van der Waals surface area contributed by atoms with Gasteiger partial charge in [-0.15, -0.1) is 12.3 Å². The van der Waals surface area contributed by atoms with Crippen molar-refractivity contribution in [2.45, 2.75) is 38.5 Å². The molecule has 0 spiro atoms. The van der Waals surface area contributed by atoms with Gasteiger partial charge in [-0.1, -0.05) is 0 Å². The van der Waals surface area contributed by atoms with Crippen LogP contribution >= 0.6 is 0 Å². The maximum atomic E-state index is 11.6. The number of fused-ring (bicyclic) bond motifs is 1. The second-order valence-electron chi connectivity index (χ2n) is 4.45. The Hall–Kier alpha value is -0.770. The van der Waals surface area contributed by atoms with Crippen molar-refractivity contribution >= 4 is 5.78 Å². The first-order valence-electron chi connectivity index (χ1n) is 5.27. The molecule has 1 nitrogen and oxygen atoms in total. The van der Waals surface area contributed by atoms with Gasteiger partial charge in [-0.05, 0) is 37.5 Å². The normalized spacial score (nSPS) is 35.2. The maximum Gasteiger partial charge on any atom is 0.136 e. The summed E-state index contributed by atoms with van der Waals surface area (Å²) in [6.07, 6.45) is 11.3. The second-order valence-corrected chi connectivity index (χ2v) is 4.45. The van der Waals surface area contributed by atoms with Crippen LogP contribution in [0.2, 0.25) is 0 Å². The number of hydrogen-bond acceptors (Lipinski definition) is 1. The zero-order valence-electron chi connectivity index (χ0n) is 7.96. The van der Waals surface area contributed by atoms with Gasteiger partial charge >= 0.3 is 0 Å². The average Bonchev–Trinajstić information content (AvgIpc) is 2.74. The lowest BCUT2D eigenvalue weighted by molar-refractivity contribution is -0.123. The minimum Gasteiger partial charge on any atom is -0.299 e. The van der Waals surface area contributed by atoms with Crippen molar-refractivity contribution in [3.63, 3.8) is 0 Å². The zero-order chi connectivity index (χ0) is 9.26. The topological polar surface area (TPSA) is 17.1 Å². The predicted molar refractivity (Wildman–Crippen MR) is 52.0 cm³/mol. The summed E-state index contributed by atoms with van der Waals surface area (Å²) in [5.74, 6) is 5.29. The van der Waals surface area contributed by atoms with Crippen molar-refractivity contribution < 1.29 is 4.79 Å². The summed E-state index contributed by atoms with van der Waals surface area (Å²) in [6, 6.07) is 0. The maximum absolute atomic E-state index is 11.6. The number of hydrogen-bond donors (Lipinski definition) is 0. The molecule has 0 bridgehead atoms. The molecule has 1 heteroatoms. The highest BCUT2D eigenvalue weighted by Crippen LogP contribution is 2.54. The number of Topliss-reactive ketones (excluding diaryl/α,β-unsaturated/α-hetero) is 1. The molecule has 0 saturated heterocycles. The zero-order valence-corrected chi connectivity index (χ0v) is 7.96. The molecule has 0 aromatic heterocycles. The third kappa shape index (κ3) is 1.94. The molecule has 0 amide bonds. The van der Waals surface area contributed by atoms with Gasteiger partial charge in [0.1, 0.15) is 5.78 Å². The van der Waals surface area contributed by atoms with Crippen molar-refractivity contribution in [2.75, 3.05) is 0 Å². The van der Waals surface area contributed by atoms with E-state index in [1.54, 1.807) is 0 Å². The largest absolute Gasteiger partial charge is 0.299 e. The third-order valence-corrected chi connectivity index (χ3v) is 3.44. The van der Waals surface area contributed by atoms with Gasteiger partial charge < -0.3 is 0 Å². The van der Waals surface area contributed by atoms with Crippen LogP contribution in [0.5, 0.6) is 0 Å². The molecule has 2 saturated carbocycles. The van der Waals surface area contributed by atoms with E-state index in [0.29, 0.717) is 18.1 Å². The van der Waals surface area contributed by atoms with Crippen molar-refractivity contribution in [2.24, 2.45) is 17.8 Å². The van der Waals surface area contributed by atoms with E-state index >= 15 is 0 Å². The average molecular weight is 176 g/mol.